The summed E-state index contributed by atoms with van der Waals surface area (Å²) in [7, 11) is -3.47. The van der Waals surface area contributed by atoms with Crippen LogP contribution in [0, 0.1) is 10.1 Å². The van der Waals surface area contributed by atoms with Gasteiger partial charge in [0.25, 0.3) is 5.69 Å². The Hall–Kier alpha value is -1.15. The molecule has 0 N–H and O–H groups in total. The molecule has 92 valence electrons. The molecule has 1 aliphatic rings. The molecule has 0 aromatic heterocycles. The molecule has 0 radical (unpaired) electrons. The van der Waals surface area contributed by atoms with Gasteiger partial charge in [0.2, 0.25) is 10.0 Å². The van der Waals surface area contributed by atoms with Gasteiger partial charge in [0, 0.05) is 17.1 Å². The highest BCUT2D eigenvalue weighted by molar-refractivity contribution is 9.10. The molecule has 17 heavy (non-hydrogen) atoms. The molecule has 0 spiro atoms. The monoisotopic (exact) mass is 320 g/mol. The van der Waals surface area contributed by atoms with Crippen molar-refractivity contribution in [3.05, 3.63) is 32.3 Å². The third-order valence-corrected chi connectivity index (χ3v) is 4.19. The average molecular weight is 321 g/mol. The van der Waals surface area contributed by atoms with Crippen molar-refractivity contribution < 1.29 is 13.3 Å². The van der Waals surface area contributed by atoms with E-state index in [2.05, 4.69) is 15.9 Å². The van der Waals surface area contributed by atoms with Crippen LogP contribution in [0.25, 0.3) is 0 Å². The summed E-state index contributed by atoms with van der Waals surface area (Å²) in [5.41, 5.74) is 0.689. The van der Waals surface area contributed by atoms with E-state index >= 15 is 0 Å². The van der Waals surface area contributed by atoms with Crippen LogP contribution in [0.5, 0.6) is 0 Å². The Kier molecular flexibility index (Phi) is 2.86. The van der Waals surface area contributed by atoms with Gasteiger partial charge in [0.05, 0.1) is 11.2 Å². The van der Waals surface area contributed by atoms with Crippen molar-refractivity contribution >= 4 is 37.3 Å². The van der Waals surface area contributed by atoms with E-state index in [9.17, 15) is 18.5 Å². The number of hydrogen-bond donors (Lipinski definition) is 0. The first-order valence-electron chi connectivity index (χ1n) is 4.75. The van der Waals surface area contributed by atoms with Crippen molar-refractivity contribution in [1.29, 1.82) is 0 Å². The lowest BCUT2D eigenvalue weighted by molar-refractivity contribution is -0.384. The van der Waals surface area contributed by atoms with Gasteiger partial charge in [-0.15, -0.1) is 0 Å². The van der Waals surface area contributed by atoms with Crippen molar-refractivity contribution in [2.45, 2.75) is 6.42 Å². The number of sulfonamides is 1. The maximum atomic E-state index is 11.5. The van der Waals surface area contributed by atoms with E-state index in [1.165, 1.54) is 6.07 Å². The number of rotatable bonds is 2. The van der Waals surface area contributed by atoms with Crippen molar-refractivity contribution in [1.82, 2.24) is 0 Å². The maximum Gasteiger partial charge on any atom is 0.294 e. The van der Waals surface area contributed by atoms with E-state index in [0.717, 1.165) is 10.6 Å². The molecule has 1 heterocycles. The minimum Gasteiger partial charge on any atom is -0.263 e. The molecule has 6 nitrogen and oxygen atoms in total. The Morgan fingerprint density at radius 2 is 2.12 bits per heavy atom. The number of benzene rings is 1. The summed E-state index contributed by atoms with van der Waals surface area (Å²) in [5, 5.41) is 10.9. The molecule has 8 heteroatoms. The Balaban J connectivity index is 2.70. The van der Waals surface area contributed by atoms with Crippen LogP contribution in [0.15, 0.2) is 16.6 Å². The molecule has 0 amide bonds. The Bertz CT molecular complexity index is 599. The Labute approximate surface area is 107 Å². The smallest absolute Gasteiger partial charge is 0.263 e. The first-order valence-corrected chi connectivity index (χ1v) is 7.39. The molecule has 1 aliphatic heterocycles. The van der Waals surface area contributed by atoms with E-state index in [0.29, 0.717) is 16.5 Å². The number of hydrogen-bond acceptors (Lipinski definition) is 4. The summed E-state index contributed by atoms with van der Waals surface area (Å²) in [5.74, 6) is 0. The molecular formula is C9H9BrN2O4S. The fourth-order valence-electron chi connectivity index (χ4n) is 1.92. The van der Waals surface area contributed by atoms with Crippen LogP contribution in [-0.2, 0) is 16.4 Å². The minimum absolute atomic E-state index is 0.183. The third-order valence-electron chi connectivity index (χ3n) is 2.56. The summed E-state index contributed by atoms with van der Waals surface area (Å²) < 4.78 is 24.8. The van der Waals surface area contributed by atoms with E-state index in [1.807, 2.05) is 0 Å². The summed E-state index contributed by atoms with van der Waals surface area (Å²) in [4.78, 5) is 10.4. The number of halogens is 1. The van der Waals surface area contributed by atoms with Gasteiger partial charge in [-0.3, -0.25) is 14.4 Å². The van der Waals surface area contributed by atoms with E-state index < -0.39 is 14.9 Å². The largest absolute Gasteiger partial charge is 0.294 e. The topological polar surface area (TPSA) is 80.5 Å². The number of anilines is 1. The lowest BCUT2D eigenvalue weighted by atomic mass is 10.1. The van der Waals surface area contributed by atoms with Crippen LogP contribution < -0.4 is 4.31 Å². The molecule has 0 saturated carbocycles. The van der Waals surface area contributed by atoms with E-state index in [1.54, 1.807) is 6.07 Å². The number of nitro benzene ring substituents is 1. The minimum atomic E-state index is -3.47. The molecule has 0 bridgehead atoms. The number of fused-ring (bicyclic) bond motifs is 1. The highest BCUT2D eigenvalue weighted by Gasteiger charge is 2.33. The quantitative estimate of drug-likeness (QED) is 0.613. The van der Waals surface area contributed by atoms with Gasteiger partial charge in [-0.25, -0.2) is 8.42 Å². The summed E-state index contributed by atoms with van der Waals surface area (Å²) in [6.07, 6.45) is 1.54. The van der Waals surface area contributed by atoms with Crippen molar-refractivity contribution in [3.63, 3.8) is 0 Å². The lowest BCUT2D eigenvalue weighted by Gasteiger charge is -2.16. The highest BCUT2D eigenvalue weighted by Crippen LogP contribution is 2.40. The van der Waals surface area contributed by atoms with Gasteiger partial charge in [-0.1, -0.05) is 15.9 Å². The molecule has 0 atom stereocenters. The Morgan fingerprint density at radius 1 is 1.47 bits per heavy atom. The summed E-state index contributed by atoms with van der Waals surface area (Å²) in [6.45, 7) is 0.255. The van der Waals surface area contributed by atoms with Gasteiger partial charge < -0.3 is 0 Å². The molecule has 0 unspecified atom stereocenters. The molecule has 0 fully saturated rings. The second-order valence-corrected chi connectivity index (χ2v) is 6.60. The molecular weight excluding hydrogens is 312 g/mol. The molecule has 0 saturated heterocycles. The van der Waals surface area contributed by atoms with Gasteiger partial charge >= 0.3 is 0 Å². The fourth-order valence-corrected chi connectivity index (χ4v) is 3.38. The summed E-state index contributed by atoms with van der Waals surface area (Å²) >= 11 is 3.18. The average Bonchev–Trinajstić information content (AvgIpc) is 2.58. The van der Waals surface area contributed by atoms with Crippen LogP contribution in [0.4, 0.5) is 11.4 Å². The van der Waals surface area contributed by atoms with E-state index in [4.69, 9.17) is 0 Å². The third kappa shape index (κ3) is 2.14. The molecule has 2 rings (SSSR count). The van der Waals surface area contributed by atoms with Crippen molar-refractivity contribution in [2.24, 2.45) is 0 Å². The van der Waals surface area contributed by atoms with E-state index in [-0.39, 0.29) is 17.9 Å². The highest BCUT2D eigenvalue weighted by atomic mass is 79.9. The second-order valence-electron chi connectivity index (χ2n) is 3.77. The zero-order valence-electron chi connectivity index (χ0n) is 8.88. The standard InChI is InChI=1S/C9H9BrN2O4S/c1-17(15,16)11-3-2-6-4-7(10)5-8(9(6)11)12(13)14/h4-5H,2-3H2,1H3. The van der Waals surface area contributed by atoms with Crippen LogP contribution in [0.2, 0.25) is 0 Å². The number of nitrogens with zero attached hydrogens (tertiary/aromatic N) is 2. The van der Waals surface area contributed by atoms with Crippen LogP contribution in [-0.4, -0.2) is 26.1 Å². The Morgan fingerprint density at radius 3 is 2.65 bits per heavy atom. The molecule has 1 aromatic carbocycles. The zero-order chi connectivity index (χ0) is 12.8. The van der Waals surface area contributed by atoms with Crippen molar-refractivity contribution in [2.75, 3.05) is 17.1 Å². The first-order chi connectivity index (χ1) is 7.80. The van der Waals surface area contributed by atoms with Crippen molar-refractivity contribution in [3.8, 4) is 0 Å². The number of nitro groups is 1. The maximum absolute atomic E-state index is 11.5. The molecule has 0 aliphatic carbocycles. The SMILES string of the molecule is CS(=O)(=O)N1CCc2cc(Br)cc([N+](=O)[O-])c21. The lowest BCUT2D eigenvalue weighted by Crippen LogP contribution is -2.28. The van der Waals surface area contributed by atoms with Crippen LogP contribution >= 0.6 is 15.9 Å². The first kappa shape index (κ1) is 12.3. The van der Waals surface area contributed by atoms with Gasteiger partial charge in [0.15, 0.2) is 0 Å². The summed E-state index contributed by atoms with van der Waals surface area (Å²) in [6, 6.07) is 3.04. The van der Waals surface area contributed by atoms with Crippen LogP contribution in [0.1, 0.15) is 5.56 Å². The fraction of sp³-hybridized carbons (Fsp3) is 0.333. The predicted octanol–water partition coefficient (Wildman–Crippen LogP) is 1.68. The predicted molar refractivity (Wildman–Crippen MR) is 66.7 cm³/mol. The second kappa shape index (κ2) is 3.95. The van der Waals surface area contributed by atoms with Gasteiger partial charge in [0.1, 0.15) is 5.69 Å². The van der Waals surface area contributed by atoms with Gasteiger partial charge in [-0.2, -0.15) is 0 Å². The van der Waals surface area contributed by atoms with Gasteiger partial charge in [-0.05, 0) is 18.1 Å². The van der Waals surface area contributed by atoms with Crippen LogP contribution in [0.3, 0.4) is 0 Å². The molecule has 1 aromatic rings. The normalized spacial score (nSPS) is 14.8. The zero-order valence-corrected chi connectivity index (χ0v) is 11.3.